The molecule has 6 heteroatoms. The average molecular weight is 243 g/mol. The molecule has 1 heterocycles. The van der Waals surface area contributed by atoms with Gasteiger partial charge in [-0.2, -0.15) is 0 Å². The van der Waals surface area contributed by atoms with Crippen LogP contribution in [0.15, 0.2) is 11.3 Å². The zero-order valence-corrected chi connectivity index (χ0v) is 10.2. The van der Waals surface area contributed by atoms with Gasteiger partial charge in [0.15, 0.2) is 0 Å². The summed E-state index contributed by atoms with van der Waals surface area (Å²) in [7, 11) is 0. The van der Waals surface area contributed by atoms with Crippen molar-refractivity contribution in [3.63, 3.8) is 0 Å². The Balaban J connectivity index is 2.72. The maximum Gasteiger partial charge on any atom is 0.410 e. The second kappa shape index (κ2) is 4.65. The number of nitrogens with zero attached hydrogens (tertiary/aromatic N) is 1. The molecule has 1 aliphatic heterocycles. The average Bonchev–Trinajstić information content (AvgIpc) is 2.14. The number of rotatable bonds is 1. The second-order valence-corrected chi connectivity index (χ2v) is 4.88. The van der Waals surface area contributed by atoms with Gasteiger partial charge in [0.05, 0.1) is 12.1 Å². The van der Waals surface area contributed by atoms with Crippen LogP contribution in [-0.4, -0.2) is 45.9 Å². The molecule has 0 spiro atoms. The molecule has 0 aromatic carbocycles. The largest absolute Gasteiger partial charge is 0.512 e. The zero-order valence-electron chi connectivity index (χ0n) is 10.2. The Morgan fingerprint density at radius 3 is 2.41 bits per heavy atom. The molecule has 1 aliphatic rings. The minimum absolute atomic E-state index is 0.129. The normalized spacial score (nSPS) is 17.0. The first-order valence-corrected chi connectivity index (χ1v) is 5.33. The molecule has 0 aromatic rings. The van der Waals surface area contributed by atoms with Gasteiger partial charge in [0.1, 0.15) is 11.4 Å². The molecular formula is C11H17NO5. The third kappa shape index (κ3) is 3.65. The lowest BCUT2D eigenvalue weighted by Gasteiger charge is -2.30. The van der Waals surface area contributed by atoms with Crippen molar-refractivity contribution >= 4 is 12.1 Å². The van der Waals surface area contributed by atoms with Gasteiger partial charge in [0, 0.05) is 13.0 Å². The van der Waals surface area contributed by atoms with E-state index in [0.29, 0.717) is 0 Å². The molecule has 0 saturated carbocycles. The second-order valence-electron chi connectivity index (χ2n) is 4.88. The molecule has 17 heavy (non-hydrogen) atoms. The number of aliphatic hydroxyl groups excluding tert-OH is 1. The summed E-state index contributed by atoms with van der Waals surface area (Å²) in [5.74, 6) is -1.38. The zero-order chi connectivity index (χ0) is 13.2. The number of carbonyl (C=O) groups is 2. The van der Waals surface area contributed by atoms with Gasteiger partial charge in [0.25, 0.3) is 0 Å². The number of hydrogen-bond acceptors (Lipinski definition) is 4. The minimum atomic E-state index is -1.21. The van der Waals surface area contributed by atoms with E-state index in [1.165, 1.54) is 4.90 Å². The summed E-state index contributed by atoms with van der Waals surface area (Å²) >= 11 is 0. The Labute approximate surface area is 99.5 Å². The van der Waals surface area contributed by atoms with E-state index in [0.717, 1.165) is 0 Å². The SMILES string of the molecule is CC(C)(C)OC(=O)N1CCC(O)=C(C(=O)O)C1. The number of ether oxygens (including phenoxy) is 1. The molecule has 2 N–H and O–H groups in total. The Hall–Kier alpha value is -1.72. The van der Waals surface area contributed by atoms with Crippen molar-refractivity contribution in [3.8, 4) is 0 Å². The predicted molar refractivity (Wildman–Crippen MR) is 59.7 cm³/mol. The van der Waals surface area contributed by atoms with Gasteiger partial charge in [0.2, 0.25) is 0 Å². The number of carboxylic acid groups (broad SMARTS) is 1. The highest BCUT2D eigenvalue weighted by atomic mass is 16.6. The first-order chi connectivity index (χ1) is 7.70. The monoisotopic (exact) mass is 243 g/mol. The van der Waals surface area contributed by atoms with Crippen LogP contribution in [0.25, 0.3) is 0 Å². The van der Waals surface area contributed by atoms with Crippen molar-refractivity contribution in [1.82, 2.24) is 4.90 Å². The summed E-state index contributed by atoms with van der Waals surface area (Å²) < 4.78 is 5.13. The van der Waals surface area contributed by atoms with E-state index in [2.05, 4.69) is 0 Å². The Bertz CT molecular complexity index is 367. The molecule has 1 amide bonds. The van der Waals surface area contributed by atoms with E-state index in [-0.39, 0.29) is 30.8 Å². The third-order valence-electron chi connectivity index (χ3n) is 2.23. The van der Waals surface area contributed by atoms with Crippen LogP contribution < -0.4 is 0 Å². The summed E-state index contributed by atoms with van der Waals surface area (Å²) in [6.07, 6.45) is -0.426. The molecule has 6 nitrogen and oxygen atoms in total. The van der Waals surface area contributed by atoms with Crippen LogP contribution in [0.3, 0.4) is 0 Å². The summed E-state index contributed by atoms with van der Waals surface area (Å²) in [6, 6.07) is 0. The van der Waals surface area contributed by atoms with Crippen LogP contribution in [0.5, 0.6) is 0 Å². The third-order valence-corrected chi connectivity index (χ3v) is 2.23. The first kappa shape index (κ1) is 13.3. The quantitative estimate of drug-likeness (QED) is 0.729. The number of carbonyl (C=O) groups excluding carboxylic acids is 1. The molecule has 1 rings (SSSR count). The maximum absolute atomic E-state index is 11.7. The Morgan fingerprint density at radius 1 is 1.35 bits per heavy atom. The Kier molecular flexibility index (Phi) is 3.65. The molecule has 0 unspecified atom stereocenters. The van der Waals surface area contributed by atoms with Crippen molar-refractivity contribution < 1.29 is 24.5 Å². The molecule has 0 radical (unpaired) electrons. The lowest BCUT2D eigenvalue weighted by Crippen LogP contribution is -2.42. The summed E-state index contributed by atoms with van der Waals surface area (Å²) in [4.78, 5) is 23.8. The molecule has 0 saturated heterocycles. The van der Waals surface area contributed by atoms with Gasteiger partial charge >= 0.3 is 12.1 Å². The smallest absolute Gasteiger partial charge is 0.410 e. The fraction of sp³-hybridized carbons (Fsp3) is 0.636. The topological polar surface area (TPSA) is 87.1 Å². The van der Waals surface area contributed by atoms with Crippen LogP contribution in [-0.2, 0) is 9.53 Å². The van der Waals surface area contributed by atoms with E-state index in [9.17, 15) is 14.7 Å². The standard InChI is InChI=1S/C11H17NO5/c1-11(2,3)17-10(16)12-5-4-8(13)7(6-12)9(14)15/h13H,4-6H2,1-3H3,(H,14,15). The molecule has 96 valence electrons. The maximum atomic E-state index is 11.7. The fourth-order valence-corrected chi connectivity index (χ4v) is 1.43. The Morgan fingerprint density at radius 2 is 1.94 bits per heavy atom. The van der Waals surface area contributed by atoms with Crippen molar-refractivity contribution in [2.45, 2.75) is 32.8 Å². The number of hydrogen-bond donors (Lipinski definition) is 2. The van der Waals surface area contributed by atoms with Gasteiger partial charge < -0.3 is 19.8 Å². The number of amides is 1. The van der Waals surface area contributed by atoms with E-state index < -0.39 is 17.7 Å². The summed E-state index contributed by atoms with van der Waals surface area (Å²) in [6.45, 7) is 5.34. The van der Waals surface area contributed by atoms with E-state index in [1.54, 1.807) is 20.8 Å². The summed E-state index contributed by atoms with van der Waals surface area (Å²) in [5, 5.41) is 18.2. The van der Waals surface area contributed by atoms with Gasteiger partial charge in [-0.15, -0.1) is 0 Å². The lowest BCUT2D eigenvalue weighted by molar-refractivity contribution is -0.133. The fourth-order valence-electron chi connectivity index (χ4n) is 1.43. The highest BCUT2D eigenvalue weighted by molar-refractivity contribution is 5.88. The molecule has 0 aromatic heterocycles. The van der Waals surface area contributed by atoms with Gasteiger partial charge in [-0.05, 0) is 20.8 Å². The van der Waals surface area contributed by atoms with E-state index >= 15 is 0 Å². The van der Waals surface area contributed by atoms with Crippen LogP contribution in [0.2, 0.25) is 0 Å². The minimum Gasteiger partial charge on any atom is -0.512 e. The van der Waals surface area contributed by atoms with Gasteiger partial charge in [-0.1, -0.05) is 0 Å². The number of aliphatic carboxylic acids is 1. The highest BCUT2D eigenvalue weighted by Gasteiger charge is 2.29. The molecule has 0 fully saturated rings. The van der Waals surface area contributed by atoms with Crippen LogP contribution in [0.4, 0.5) is 4.79 Å². The molecular weight excluding hydrogens is 226 g/mol. The molecule has 0 bridgehead atoms. The molecule has 0 atom stereocenters. The van der Waals surface area contributed by atoms with E-state index in [4.69, 9.17) is 9.84 Å². The van der Waals surface area contributed by atoms with Gasteiger partial charge in [-0.25, -0.2) is 9.59 Å². The van der Waals surface area contributed by atoms with Crippen LogP contribution >= 0.6 is 0 Å². The van der Waals surface area contributed by atoms with E-state index in [1.807, 2.05) is 0 Å². The predicted octanol–water partition coefficient (Wildman–Crippen LogP) is 1.52. The highest BCUT2D eigenvalue weighted by Crippen LogP contribution is 2.18. The van der Waals surface area contributed by atoms with Crippen molar-refractivity contribution in [2.75, 3.05) is 13.1 Å². The lowest BCUT2D eigenvalue weighted by atomic mass is 10.1. The molecule has 0 aliphatic carbocycles. The number of aliphatic hydroxyl groups is 1. The van der Waals surface area contributed by atoms with Crippen molar-refractivity contribution in [1.29, 1.82) is 0 Å². The van der Waals surface area contributed by atoms with Gasteiger partial charge in [-0.3, -0.25) is 0 Å². The van der Waals surface area contributed by atoms with Crippen LogP contribution in [0.1, 0.15) is 27.2 Å². The number of carboxylic acids is 1. The van der Waals surface area contributed by atoms with Crippen molar-refractivity contribution in [2.24, 2.45) is 0 Å². The summed E-state index contributed by atoms with van der Waals surface area (Å²) in [5.41, 5.74) is -0.772. The first-order valence-electron chi connectivity index (χ1n) is 5.33. The van der Waals surface area contributed by atoms with Crippen LogP contribution in [0, 0.1) is 0 Å². The van der Waals surface area contributed by atoms with Crippen molar-refractivity contribution in [3.05, 3.63) is 11.3 Å².